The molecule has 6 heteroatoms. The van der Waals surface area contributed by atoms with Gasteiger partial charge in [0.15, 0.2) is 0 Å². The number of nitrogens with one attached hydrogen (secondary N) is 1. The first-order valence-electron chi connectivity index (χ1n) is 35.6. The predicted octanol–water partition coefficient (Wildman–Crippen LogP) is 21.9. The van der Waals surface area contributed by atoms with E-state index in [1.54, 1.807) is 0 Å². The molecule has 0 rings (SSSR count). The first kappa shape index (κ1) is 76.0. The summed E-state index contributed by atoms with van der Waals surface area (Å²) in [6.45, 7) is 4.11. The summed E-state index contributed by atoms with van der Waals surface area (Å²) in [4.78, 5) is 12.7. The van der Waals surface area contributed by atoms with E-state index in [0.29, 0.717) is 12.8 Å². The van der Waals surface area contributed by atoms with Crippen LogP contribution in [0, 0.1) is 0 Å². The average molecular weight is 1090 g/mol. The summed E-state index contributed by atoms with van der Waals surface area (Å²) in [5, 5.41) is 44.2. The zero-order valence-electron chi connectivity index (χ0n) is 52.5. The van der Waals surface area contributed by atoms with E-state index >= 15 is 0 Å². The number of amides is 1. The van der Waals surface area contributed by atoms with Crippen molar-refractivity contribution in [2.24, 2.45) is 0 Å². The van der Waals surface area contributed by atoms with Gasteiger partial charge in [-0.15, -0.1) is 0 Å². The Morgan fingerprint density at radius 2 is 0.532 bits per heavy atom. The Morgan fingerprint density at radius 1 is 0.312 bits per heavy atom. The van der Waals surface area contributed by atoms with Gasteiger partial charge in [-0.05, 0) is 38.5 Å². The molecule has 0 heterocycles. The Balaban J connectivity index is 3.53. The van der Waals surface area contributed by atoms with Crippen molar-refractivity contribution in [3.8, 4) is 0 Å². The Hall–Kier alpha value is -0.950. The van der Waals surface area contributed by atoms with E-state index in [1.165, 1.54) is 340 Å². The minimum Gasteiger partial charge on any atom is -0.394 e. The molecule has 0 aliphatic rings. The summed E-state index contributed by atoms with van der Waals surface area (Å²) in [6, 6.07) is -1.00. The third-order valence-electron chi connectivity index (χ3n) is 17.2. The van der Waals surface area contributed by atoms with Gasteiger partial charge in [-0.25, -0.2) is 0 Å². The number of carbonyl (C=O) groups excluding carboxylic acids is 1. The van der Waals surface area contributed by atoms with Gasteiger partial charge in [0.2, 0.25) is 5.91 Å². The summed E-state index contributed by atoms with van der Waals surface area (Å²) in [5.41, 5.74) is 0. The lowest BCUT2D eigenvalue weighted by molar-refractivity contribution is -0.132. The van der Waals surface area contributed by atoms with Gasteiger partial charge >= 0.3 is 0 Å². The first-order valence-corrected chi connectivity index (χ1v) is 35.6. The Morgan fingerprint density at radius 3 is 0.779 bits per heavy atom. The number of hydrogen-bond donors (Lipinski definition) is 5. The number of carbonyl (C=O) groups is 1. The number of aliphatic hydroxyl groups is 4. The molecule has 1 amide bonds. The fourth-order valence-electron chi connectivity index (χ4n) is 11.7. The molecule has 0 aromatic heterocycles. The van der Waals surface area contributed by atoms with Crippen molar-refractivity contribution < 1.29 is 25.2 Å². The highest BCUT2D eigenvalue weighted by molar-refractivity contribution is 5.80. The second kappa shape index (κ2) is 65.9. The molecule has 0 saturated carbocycles. The van der Waals surface area contributed by atoms with Crippen LogP contribution in [-0.4, -0.2) is 57.3 Å². The zero-order valence-corrected chi connectivity index (χ0v) is 52.5. The van der Waals surface area contributed by atoms with Crippen molar-refractivity contribution in [2.75, 3.05) is 6.61 Å². The van der Waals surface area contributed by atoms with Gasteiger partial charge < -0.3 is 25.7 Å². The van der Waals surface area contributed by atoms with E-state index in [0.717, 1.165) is 38.5 Å². The first-order chi connectivity index (χ1) is 38.0. The van der Waals surface area contributed by atoms with Crippen molar-refractivity contribution >= 4 is 5.91 Å². The van der Waals surface area contributed by atoms with E-state index < -0.39 is 36.9 Å². The van der Waals surface area contributed by atoms with E-state index in [2.05, 4.69) is 31.3 Å². The summed E-state index contributed by atoms with van der Waals surface area (Å²) in [5.74, 6) is -0.584. The predicted molar refractivity (Wildman–Crippen MR) is 339 cm³/mol. The Bertz CT molecular complexity index is 1130. The molecular formula is C71H141NO5. The van der Waals surface area contributed by atoms with E-state index in [4.69, 9.17) is 0 Å². The molecule has 0 spiro atoms. The van der Waals surface area contributed by atoms with Gasteiger partial charge in [-0.2, -0.15) is 0 Å². The maximum Gasteiger partial charge on any atom is 0.249 e. The highest BCUT2D eigenvalue weighted by Crippen LogP contribution is 2.20. The summed E-state index contributed by atoms with van der Waals surface area (Å²) in [7, 11) is 0. The second-order valence-electron chi connectivity index (χ2n) is 24.9. The molecule has 0 aliphatic heterocycles. The number of unbranched alkanes of at least 4 members (excludes halogenated alkanes) is 56. The van der Waals surface area contributed by atoms with Crippen LogP contribution in [0.5, 0.6) is 0 Å². The zero-order chi connectivity index (χ0) is 55.8. The molecule has 0 bridgehead atoms. The highest BCUT2D eigenvalue weighted by atomic mass is 16.3. The van der Waals surface area contributed by atoms with Crippen LogP contribution in [0.2, 0.25) is 0 Å². The number of aliphatic hydroxyl groups excluding tert-OH is 4. The summed E-state index contributed by atoms with van der Waals surface area (Å²) < 4.78 is 0. The molecule has 0 saturated heterocycles. The fraction of sp³-hybridized carbons (Fsp3) is 0.958. The highest BCUT2D eigenvalue weighted by Gasteiger charge is 2.28. The Labute approximate surface area is 482 Å². The van der Waals surface area contributed by atoms with E-state index in [9.17, 15) is 25.2 Å². The number of allylic oxidation sites excluding steroid dienone is 2. The minimum atomic E-state index is -1.28. The summed E-state index contributed by atoms with van der Waals surface area (Å²) >= 11 is 0. The van der Waals surface area contributed by atoms with Crippen molar-refractivity contribution in [2.45, 2.75) is 430 Å². The van der Waals surface area contributed by atoms with E-state index in [-0.39, 0.29) is 0 Å². The summed E-state index contributed by atoms with van der Waals surface area (Å²) in [6.07, 6.45) is 82.1. The van der Waals surface area contributed by atoms with Gasteiger partial charge in [0.1, 0.15) is 12.2 Å². The van der Waals surface area contributed by atoms with Gasteiger partial charge in [-0.3, -0.25) is 4.79 Å². The fourth-order valence-corrected chi connectivity index (χ4v) is 11.7. The Kier molecular flexibility index (Phi) is 65.0. The van der Waals surface area contributed by atoms with E-state index in [1.807, 2.05) is 0 Å². The average Bonchev–Trinajstić information content (AvgIpc) is 3.43. The van der Waals surface area contributed by atoms with Crippen molar-refractivity contribution in [3.63, 3.8) is 0 Å². The van der Waals surface area contributed by atoms with Crippen molar-refractivity contribution in [3.05, 3.63) is 12.2 Å². The molecule has 5 N–H and O–H groups in total. The third kappa shape index (κ3) is 59.5. The molecule has 0 aliphatic carbocycles. The topological polar surface area (TPSA) is 110 Å². The molecule has 0 aromatic carbocycles. The number of rotatable bonds is 67. The van der Waals surface area contributed by atoms with Gasteiger partial charge in [0.25, 0.3) is 0 Å². The smallest absolute Gasteiger partial charge is 0.249 e. The molecule has 77 heavy (non-hydrogen) atoms. The van der Waals surface area contributed by atoms with Crippen LogP contribution in [-0.2, 0) is 4.79 Å². The van der Waals surface area contributed by atoms with Crippen LogP contribution in [0.1, 0.15) is 406 Å². The lowest BCUT2D eigenvalue weighted by Gasteiger charge is -2.27. The van der Waals surface area contributed by atoms with Crippen LogP contribution in [0.4, 0.5) is 0 Å². The van der Waals surface area contributed by atoms with Gasteiger partial charge in [-0.1, -0.05) is 379 Å². The van der Waals surface area contributed by atoms with Gasteiger partial charge in [0.05, 0.1) is 18.8 Å². The molecular weight excluding hydrogens is 947 g/mol. The standard InChI is InChI=1S/C71H141NO5/c1-3-5-7-9-11-13-15-17-19-21-23-25-27-29-31-33-34-35-37-38-40-42-44-46-48-50-52-54-56-58-60-62-64-68(74)70(76)67(66-73)72-71(77)69(75)65-63-61-59-57-55-53-51-49-47-45-43-41-39-36-32-30-28-26-24-22-20-18-16-14-12-10-8-6-4-2/h56,58,67-70,73-76H,3-55,57,59-66H2,1-2H3,(H,72,77)/b58-56+. The second-order valence-corrected chi connectivity index (χ2v) is 24.9. The molecule has 460 valence electrons. The molecule has 0 radical (unpaired) electrons. The SMILES string of the molecule is CCCCCCCCCCCCCCCCCCCCCCCCCCCCC/C=C/CCCC(O)C(O)C(CO)NC(=O)C(O)CCCCCCCCCCCCCCCCCCCCCCCCCCCCCCC. The maximum atomic E-state index is 12.7. The molecule has 4 unspecified atom stereocenters. The number of hydrogen-bond acceptors (Lipinski definition) is 5. The van der Waals surface area contributed by atoms with Crippen LogP contribution in [0.3, 0.4) is 0 Å². The molecule has 0 aromatic rings. The van der Waals surface area contributed by atoms with Crippen LogP contribution < -0.4 is 5.32 Å². The van der Waals surface area contributed by atoms with Crippen LogP contribution >= 0.6 is 0 Å². The van der Waals surface area contributed by atoms with Crippen LogP contribution in [0.25, 0.3) is 0 Å². The third-order valence-corrected chi connectivity index (χ3v) is 17.2. The molecule has 6 nitrogen and oxygen atoms in total. The normalized spacial score (nSPS) is 13.5. The molecule has 4 atom stereocenters. The lowest BCUT2D eigenvalue weighted by atomic mass is 10.00. The quantitative estimate of drug-likeness (QED) is 0.0308. The van der Waals surface area contributed by atoms with Crippen molar-refractivity contribution in [1.29, 1.82) is 0 Å². The van der Waals surface area contributed by atoms with Crippen molar-refractivity contribution in [1.82, 2.24) is 5.32 Å². The molecule has 0 fully saturated rings. The maximum absolute atomic E-state index is 12.7. The lowest BCUT2D eigenvalue weighted by Crippen LogP contribution is -2.53. The largest absolute Gasteiger partial charge is 0.394 e. The van der Waals surface area contributed by atoms with Gasteiger partial charge in [0, 0.05) is 0 Å². The van der Waals surface area contributed by atoms with Crippen LogP contribution in [0.15, 0.2) is 12.2 Å². The minimum absolute atomic E-state index is 0.369. The monoisotopic (exact) mass is 1090 g/mol.